The lowest BCUT2D eigenvalue weighted by Gasteiger charge is -2.13. The summed E-state index contributed by atoms with van der Waals surface area (Å²) in [6.45, 7) is 1.54. The molecule has 1 aromatic rings. The summed E-state index contributed by atoms with van der Waals surface area (Å²) in [5.41, 5.74) is 0. The van der Waals surface area contributed by atoms with Crippen LogP contribution in [0.15, 0.2) is 32.0 Å². The van der Waals surface area contributed by atoms with E-state index in [1.54, 1.807) is 18.2 Å². The molecule has 1 fully saturated rings. The second kappa shape index (κ2) is 5.36. The third-order valence-electron chi connectivity index (χ3n) is 2.56. The highest BCUT2D eigenvalue weighted by atomic mass is 79.9. The molecule has 1 saturated heterocycles. The van der Waals surface area contributed by atoms with Crippen LogP contribution in [0.4, 0.5) is 0 Å². The third kappa shape index (κ3) is 3.29. The van der Waals surface area contributed by atoms with E-state index < -0.39 is 10.0 Å². The summed E-state index contributed by atoms with van der Waals surface area (Å²) in [6, 6.07) is 5.08. The molecule has 1 heterocycles. The molecular formula is C10H12Br2N2O2S. The molecule has 0 aliphatic carbocycles. The van der Waals surface area contributed by atoms with Gasteiger partial charge in [-0.3, -0.25) is 0 Å². The Morgan fingerprint density at radius 2 is 2.12 bits per heavy atom. The van der Waals surface area contributed by atoms with Gasteiger partial charge < -0.3 is 5.32 Å². The van der Waals surface area contributed by atoms with Crippen molar-refractivity contribution in [3.63, 3.8) is 0 Å². The molecule has 7 heteroatoms. The van der Waals surface area contributed by atoms with Crippen molar-refractivity contribution in [1.82, 2.24) is 10.0 Å². The maximum atomic E-state index is 12.2. The highest BCUT2D eigenvalue weighted by Crippen LogP contribution is 2.25. The van der Waals surface area contributed by atoms with Crippen LogP contribution in [0.2, 0.25) is 0 Å². The molecule has 0 bridgehead atoms. The summed E-state index contributed by atoms with van der Waals surface area (Å²) in [6.07, 6.45) is 0.824. The van der Waals surface area contributed by atoms with E-state index in [0.717, 1.165) is 17.4 Å². The second-order valence-corrected chi connectivity index (χ2v) is 7.34. The van der Waals surface area contributed by atoms with Gasteiger partial charge >= 0.3 is 0 Å². The minimum absolute atomic E-state index is 0.0223. The molecule has 1 aliphatic heterocycles. The maximum Gasteiger partial charge on any atom is 0.242 e. The SMILES string of the molecule is O=S(=O)(N[C@H]1CCNC1)c1cc(Br)ccc1Br. The van der Waals surface area contributed by atoms with Gasteiger partial charge in [-0.25, -0.2) is 13.1 Å². The Morgan fingerprint density at radius 1 is 1.35 bits per heavy atom. The Hall–Kier alpha value is 0.0500. The molecule has 94 valence electrons. The van der Waals surface area contributed by atoms with Gasteiger partial charge in [-0.05, 0) is 47.1 Å². The summed E-state index contributed by atoms with van der Waals surface area (Å²) >= 11 is 6.54. The van der Waals surface area contributed by atoms with E-state index >= 15 is 0 Å². The van der Waals surface area contributed by atoms with Gasteiger partial charge in [0.25, 0.3) is 0 Å². The first kappa shape index (κ1) is 13.5. The van der Waals surface area contributed by atoms with Gasteiger partial charge in [-0.15, -0.1) is 0 Å². The lowest BCUT2D eigenvalue weighted by atomic mass is 10.3. The van der Waals surface area contributed by atoms with Crippen LogP contribution in [0.1, 0.15) is 6.42 Å². The Labute approximate surface area is 117 Å². The van der Waals surface area contributed by atoms with Gasteiger partial charge in [-0.1, -0.05) is 15.9 Å². The number of hydrogen-bond acceptors (Lipinski definition) is 3. The van der Waals surface area contributed by atoms with Gasteiger partial charge in [0.15, 0.2) is 0 Å². The molecule has 0 unspecified atom stereocenters. The molecular weight excluding hydrogens is 372 g/mol. The van der Waals surface area contributed by atoms with E-state index in [9.17, 15) is 8.42 Å². The highest BCUT2D eigenvalue weighted by Gasteiger charge is 2.24. The van der Waals surface area contributed by atoms with Gasteiger partial charge in [0.1, 0.15) is 0 Å². The van der Waals surface area contributed by atoms with Crippen molar-refractivity contribution in [3.05, 3.63) is 27.1 Å². The molecule has 0 spiro atoms. The normalized spacial score (nSPS) is 20.7. The number of sulfonamides is 1. The predicted octanol–water partition coefficient (Wildman–Crippen LogP) is 1.85. The second-order valence-electron chi connectivity index (χ2n) is 3.89. The number of hydrogen-bond donors (Lipinski definition) is 2. The molecule has 2 rings (SSSR count). The molecule has 17 heavy (non-hydrogen) atoms. The minimum atomic E-state index is -3.46. The van der Waals surface area contributed by atoms with E-state index in [1.165, 1.54) is 0 Å². The largest absolute Gasteiger partial charge is 0.315 e. The minimum Gasteiger partial charge on any atom is -0.315 e. The van der Waals surface area contributed by atoms with Crippen molar-refractivity contribution in [1.29, 1.82) is 0 Å². The molecule has 1 atom stereocenters. The monoisotopic (exact) mass is 382 g/mol. The van der Waals surface area contributed by atoms with E-state index in [0.29, 0.717) is 11.0 Å². The molecule has 0 amide bonds. The quantitative estimate of drug-likeness (QED) is 0.837. The predicted molar refractivity (Wildman–Crippen MR) is 73.4 cm³/mol. The topological polar surface area (TPSA) is 58.2 Å². The van der Waals surface area contributed by atoms with Crippen LogP contribution in [-0.4, -0.2) is 27.5 Å². The molecule has 0 aromatic heterocycles. The van der Waals surface area contributed by atoms with Crippen molar-refractivity contribution in [2.75, 3.05) is 13.1 Å². The van der Waals surface area contributed by atoms with Crippen LogP contribution < -0.4 is 10.0 Å². The van der Waals surface area contributed by atoms with Crippen molar-refractivity contribution < 1.29 is 8.42 Å². The highest BCUT2D eigenvalue weighted by molar-refractivity contribution is 9.11. The zero-order valence-corrected chi connectivity index (χ0v) is 12.9. The Morgan fingerprint density at radius 3 is 2.76 bits per heavy atom. The van der Waals surface area contributed by atoms with Gasteiger partial charge in [-0.2, -0.15) is 0 Å². The first-order valence-electron chi connectivity index (χ1n) is 5.17. The fourth-order valence-corrected chi connectivity index (χ4v) is 4.49. The summed E-state index contributed by atoms with van der Waals surface area (Å²) < 4.78 is 28.4. The molecule has 4 nitrogen and oxygen atoms in total. The van der Waals surface area contributed by atoms with E-state index in [4.69, 9.17) is 0 Å². The van der Waals surface area contributed by atoms with Crippen molar-refractivity contribution in [2.24, 2.45) is 0 Å². The fraction of sp³-hybridized carbons (Fsp3) is 0.400. The average Bonchev–Trinajstić information content (AvgIpc) is 2.73. The molecule has 1 aliphatic rings. The molecule has 1 aromatic carbocycles. The summed E-state index contributed by atoms with van der Waals surface area (Å²) in [5, 5.41) is 3.12. The van der Waals surface area contributed by atoms with Crippen molar-refractivity contribution in [3.8, 4) is 0 Å². The molecule has 2 N–H and O–H groups in total. The lowest BCUT2D eigenvalue weighted by molar-refractivity contribution is 0.559. The number of halogens is 2. The Balaban J connectivity index is 2.27. The first-order chi connectivity index (χ1) is 7.99. The first-order valence-corrected chi connectivity index (χ1v) is 8.24. The van der Waals surface area contributed by atoms with E-state index in [1.807, 2.05) is 0 Å². The Bertz CT molecular complexity index is 513. The summed E-state index contributed by atoms with van der Waals surface area (Å²) in [5.74, 6) is 0. The van der Waals surface area contributed by atoms with Crippen molar-refractivity contribution in [2.45, 2.75) is 17.4 Å². The van der Waals surface area contributed by atoms with Crippen LogP contribution in [0.3, 0.4) is 0 Å². The average molecular weight is 384 g/mol. The molecule has 0 radical (unpaired) electrons. The van der Waals surface area contributed by atoms with Crippen LogP contribution >= 0.6 is 31.9 Å². The van der Waals surface area contributed by atoms with E-state index in [2.05, 4.69) is 41.9 Å². The standard InChI is InChI=1S/C10H12Br2N2O2S/c11-7-1-2-9(12)10(5-7)17(15,16)14-8-3-4-13-6-8/h1-2,5,8,13-14H,3-4,6H2/t8-/m0/s1. The smallest absolute Gasteiger partial charge is 0.242 e. The van der Waals surface area contributed by atoms with Gasteiger partial charge in [0.05, 0.1) is 4.90 Å². The number of nitrogens with one attached hydrogen (secondary N) is 2. The van der Waals surface area contributed by atoms with Crippen LogP contribution in [0, 0.1) is 0 Å². The van der Waals surface area contributed by atoms with Crippen LogP contribution in [-0.2, 0) is 10.0 Å². The number of benzene rings is 1. The fourth-order valence-electron chi connectivity index (χ4n) is 1.72. The van der Waals surface area contributed by atoms with Gasteiger partial charge in [0.2, 0.25) is 10.0 Å². The maximum absolute atomic E-state index is 12.2. The van der Waals surface area contributed by atoms with Crippen LogP contribution in [0.25, 0.3) is 0 Å². The zero-order valence-electron chi connectivity index (χ0n) is 8.91. The van der Waals surface area contributed by atoms with Crippen molar-refractivity contribution >= 4 is 41.9 Å². The zero-order chi connectivity index (χ0) is 12.5. The van der Waals surface area contributed by atoms with Gasteiger partial charge in [0, 0.05) is 21.5 Å². The molecule has 0 saturated carbocycles. The number of rotatable bonds is 3. The summed E-state index contributed by atoms with van der Waals surface area (Å²) in [7, 11) is -3.46. The Kier molecular flexibility index (Phi) is 4.25. The van der Waals surface area contributed by atoms with E-state index in [-0.39, 0.29) is 10.9 Å². The lowest BCUT2D eigenvalue weighted by Crippen LogP contribution is -2.36. The third-order valence-corrected chi connectivity index (χ3v) is 5.57. The van der Waals surface area contributed by atoms with Crippen LogP contribution in [0.5, 0.6) is 0 Å². The summed E-state index contributed by atoms with van der Waals surface area (Å²) in [4.78, 5) is 0.263.